The molecular formula is C17H14BrN5O3. The molecule has 0 atom stereocenters. The number of hydrogen-bond donors (Lipinski definition) is 2. The molecule has 3 aromatic rings. The van der Waals surface area contributed by atoms with Crippen LogP contribution in [0.5, 0.6) is 11.8 Å². The Labute approximate surface area is 157 Å². The van der Waals surface area contributed by atoms with E-state index >= 15 is 0 Å². The zero-order valence-electron chi connectivity index (χ0n) is 13.4. The van der Waals surface area contributed by atoms with E-state index in [4.69, 9.17) is 4.74 Å². The smallest absolute Gasteiger partial charge is 0.336 e. The molecule has 26 heavy (non-hydrogen) atoms. The summed E-state index contributed by atoms with van der Waals surface area (Å²) in [5, 5.41) is 17.6. The number of amides is 1. The lowest BCUT2D eigenvalue weighted by Crippen LogP contribution is -2.24. The van der Waals surface area contributed by atoms with Crippen molar-refractivity contribution in [3.8, 4) is 17.4 Å². The Hall–Kier alpha value is -3.20. The van der Waals surface area contributed by atoms with Crippen LogP contribution in [0, 0.1) is 0 Å². The lowest BCUT2D eigenvalue weighted by Gasteiger charge is -2.02. The minimum atomic E-state index is -0.480. The second-order valence-electron chi connectivity index (χ2n) is 5.09. The van der Waals surface area contributed by atoms with Crippen LogP contribution in [-0.4, -0.2) is 38.6 Å². The van der Waals surface area contributed by atoms with Crippen LogP contribution in [0.3, 0.4) is 0 Å². The van der Waals surface area contributed by atoms with E-state index < -0.39 is 5.91 Å². The van der Waals surface area contributed by atoms with Crippen LogP contribution >= 0.6 is 15.9 Å². The maximum absolute atomic E-state index is 11.8. The Morgan fingerprint density at radius 3 is 2.92 bits per heavy atom. The highest BCUT2D eigenvalue weighted by molar-refractivity contribution is 9.10. The summed E-state index contributed by atoms with van der Waals surface area (Å²) in [4.78, 5) is 15.7. The molecule has 2 aromatic carbocycles. The standard InChI is InChI=1S/C17H14BrN5O3/c18-13-6-7-15(24)12(8-13)9-20-21-16(25)10-26-17-19-11-23(22-17)14-4-2-1-3-5-14/h1-9,11,24H,10H2,(H,21,25). The number of phenols is 1. The van der Waals surface area contributed by atoms with Gasteiger partial charge in [0, 0.05) is 10.0 Å². The van der Waals surface area contributed by atoms with Crippen LogP contribution in [0.25, 0.3) is 5.69 Å². The number of halogens is 1. The van der Waals surface area contributed by atoms with Crippen molar-refractivity contribution in [3.05, 3.63) is 64.9 Å². The third-order valence-corrected chi connectivity index (χ3v) is 3.70. The number of nitrogens with one attached hydrogen (secondary N) is 1. The van der Waals surface area contributed by atoms with E-state index in [1.807, 2.05) is 30.3 Å². The SMILES string of the molecule is O=C(COc1ncn(-c2ccccc2)n1)NN=Cc1cc(Br)ccc1O. The van der Waals surface area contributed by atoms with E-state index in [-0.39, 0.29) is 18.4 Å². The minimum Gasteiger partial charge on any atom is -0.507 e. The number of nitrogens with zero attached hydrogens (tertiary/aromatic N) is 4. The van der Waals surface area contributed by atoms with Crippen LogP contribution in [0.1, 0.15) is 5.56 Å². The van der Waals surface area contributed by atoms with E-state index in [9.17, 15) is 9.90 Å². The molecule has 2 N–H and O–H groups in total. The van der Waals surface area contributed by atoms with Crippen LogP contribution in [0.4, 0.5) is 0 Å². The molecule has 0 fully saturated rings. The number of aromatic nitrogens is 3. The van der Waals surface area contributed by atoms with Crippen molar-refractivity contribution in [2.45, 2.75) is 0 Å². The first-order valence-corrected chi connectivity index (χ1v) is 8.31. The zero-order valence-corrected chi connectivity index (χ0v) is 15.0. The van der Waals surface area contributed by atoms with Gasteiger partial charge < -0.3 is 9.84 Å². The van der Waals surface area contributed by atoms with Crippen LogP contribution < -0.4 is 10.2 Å². The number of phenolic OH excluding ortho intramolecular Hbond substituents is 1. The van der Waals surface area contributed by atoms with E-state index in [1.165, 1.54) is 18.6 Å². The third kappa shape index (κ3) is 4.67. The summed E-state index contributed by atoms with van der Waals surface area (Å²) in [5.41, 5.74) is 3.60. The van der Waals surface area contributed by atoms with Gasteiger partial charge in [-0.2, -0.15) is 10.1 Å². The highest BCUT2D eigenvalue weighted by atomic mass is 79.9. The van der Waals surface area contributed by atoms with Gasteiger partial charge in [-0.3, -0.25) is 4.79 Å². The van der Waals surface area contributed by atoms with E-state index in [1.54, 1.807) is 16.8 Å². The van der Waals surface area contributed by atoms with Crippen molar-refractivity contribution >= 4 is 28.1 Å². The molecular weight excluding hydrogens is 402 g/mol. The minimum absolute atomic E-state index is 0.0538. The van der Waals surface area contributed by atoms with Crippen LogP contribution in [-0.2, 0) is 4.79 Å². The van der Waals surface area contributed by atoms with Crippen LogP contribution in [0.15, 0.2) is 64.4 Å². The number of para-hydroxylation sites is 1. The van der Waals surface area contributed by atoms with Gasteiger partial charge in [-0.1, -0.05) is 34.1 Å². The predicted molar refractivity (Wildman–Crippen MR) is 98.4 cm³/mol. The Balaban J connectivity index is 1.51. The molecule has 1 amide bonds. The number of hydrogen-bond acceptors (Lipinski definition) is 6. The first-order valence-electron chi connectivity index (χ1n) is 7.52. The summed E-state index contributed by atoms with van der Waals surface area (Å²) < 4.78 is 7.56. The van der Waals surface area contributed by atoms with Gasteiger partial charge in [0.1, 0.15) is 12.1 Å². The lowest BCUT2D eigenvalue weighted by molar-refractivity contribution is -0.123. The summed E-state index contributed by atoms with van der Waals surface area (Å²) in [6.07, 6.45) is 2.83. The molecule has 3 rings (SSSR count). The van der Waals surface area contributed by atoms with Crippen molar-refractivity contribution in [2.24, 2.45) is 5.10 Å². The fourth-order valence-electron chi connectivity index (χ4n) is 1.98. The molecule has 1 heterocycles. The first-order chi connectivity index (χ1) is 12.6. The molecule has 0 aliphatic carbocycles. The molecule has 0 aliphatic rings. The summed E-state index contributed by atoms with van der Waals surface area (Å²) in [5.74, 6) is -0.426. The Morgan fingerprint density at radius 2 is 2.12 bits per heavy atom. The average molecular weight is 416 g/mol. The molecule has 1 aromatic heterocycles. The third-order valence-electron chi connectivity index (χ3n) is 3.21. The fraction of sp³-hybridized carbons (Fsp3) is 0.0588. The second-order valence-corrected chi connectivity index (χ2v) is 6.01. The number of hydrazone groups is 1. The molecule has 9 heteroatoms. The number of carbonyl (C=O) groups is 1. The summed E-state index contributed by atoms with van der Waals surface area (Å²) in [6, 6.07) is 14.4. The molecule has 0 radical (unpaired) electrons. The van der Waals surface area contributed by atoms with Gasteiger partial charge in [0.15, 0.2) is 6.61 Å². The molecule has 0 spiro atoms. The molecule has 132 valence electrons. The Morgan fingerprint density at radius 1 is 1.31 bits per heavy atom. The Kier molecular flexibility index (Phi) is 5.59. The van der Waals surface area contributed by atoms with E-state index in [0.29, 0.717) is 5.56 Å². The van der Waals surface area contributed by atoms with Crippen molar-refractivity contribution in [2.75, 3.05) is 6.61 Å². The molecule has 0 bridgehead atoms. The number of aromatic hydroxyl groups is 1. The maximum Gasteiger partial charge on any atom is 0.336 e. The predicted octanol–water partition coefficient (Wildman–Crippen LogP) is 2.26. The van der Waals surface area contributed by atoms with Crippen LogP contribution in [0.2, 0.25) is 0 Å². The summed E-state index contributed by atoms with van der Waals surface area (Å²) in [7, 11) is 0. The number of benzene rings is 2. The molecule has 0 unspecified atom stereocenters. The number of rotatable bonds is 6. The van der Waals surface area contributed by atoms with Gasteiger partial charge in [-0.05, 0) is 30.3 Å². The molecule has 0 saturated carbocycles. The van der Waals surface area contributed by atoms with Gasteiger partial charge >= 0.3 is 6.01 Å². The van der Waals surface area contributed by atoms with Gasteiger partial charge in [0.25, 0.3) is 5.91 Å². The largest absolute Gasteiger partial charge is 0.507 e. The van der Waals surface area contributed by atoms with Crippen molar-refractivity contribution in [1.82, 2.24) is 20.2 Å². The Bertz CT molecular complexity index is 927. The monoisotopic (exact) mass is 415 g/mol. The fourth-order valence-corrected chi connectivity index (χ4v) is 2.36. The van der Waals surface area contributed by atoms with Gasteiger partial charge in [0.05, 0.1) is 11.9 Å². The van der Waals surface area contributed by atoms with Gasteiger partial charge in [0.2, 0.25) is 0 Å². The topological polar surface area (TPSA) is 102 Å². The van der Waals surface area contributed by atoms with Gasteiger partial charge in [-0.25, -0.2) is 10.1 Å². The van der Waals surface area contributed by atoms with E-state index in [2.05, 4.69) is 36.5 Å². The molecule has 0 aliphatic heterocycles. The zero-order chi connectivity index (χ0) is 18.4. The number of carbonyl (C=O) groups excluding carboxylic acids is 1. The molecule has 8 nitrogen and oxygen atoms in total. The van der Waals surface area contributed by atoms with Crippen molar-refractivity contribution in [3.63, 3.8) is 0 Å². The van der Waals surface area contributed by atoms with Crippen molar-refractivity contribution in [1.29, 1.82) is 0 Å². The first kappa shape index (κ1) is 17.6. The normalized spacial score (nSPS) is 10.8. The lowest BCUT2D eigenvalue weighted by atomic mass is 10.2. The highest BCUT2D eigenvalue weighted by Crippen LogP contribution is 2.19. The second kappa shape index (κ2) is 8.26. The van der Waals surface area contributed by atoms with Crippen molar-refractivity contribution < 1.29 is 14.6 Å². The number of ether oxygens (including phenoxy) is 1. The van der Waals surface area contributed by atoms with E-state index in [0.717, 1.165) is 10.2 Å². The molecule has 0 saturated heterocycles. The quantitative estimate of drug-likeness (QED) is 0.474. The highest BCUT2D eigenvalue weighted by Gasteiger charge is 2.07. The summed E-state index contributed by atoms with van der Waals surface area (Å²) >= 11 is 3.29. The maximum atomic E-state index is 11.8. The average Bonchev–Trinajstić information content (AvgIpc) is 3.13. The van der Waals surface area contributed by atoms with Gasteiger partial charge in [-0.15, -0.1) is 5.10 Å². The summed E-state index contributed by atoms with van der Waals surface area (Å²) in [6.45, 7) is -0.291.